The summed E-state index contributed by atoms with van der Waals surface area (Å²) < 4.78 is 37.3. The smallest absolute Gasteiger partial charge is 0.379 e. The van der Waals surface area contributed by atoms with Gasteiger partial charge in [0.1, 0.15) is 0 Å². The van der Waals surface area contributed by atoms with Gasteiger partial charge in [0, 0.05) is 18.8 Å². The summed E-state index contributed by atoms with van der Waals surface area (Å²) in [6.07, 6.45) is -1.85. The number of alkyl halides is 3. The lowest BCUT2D eigenvalue weighted by Crippen LogP contribution is -2.53. The molecule has 0 bridgehead atoms. The molecule has 1 amide bonds. The summed E-state index contributed by atoms with van der Waals surface area (Å²) in [5.41, 5.74) is -0.246. The Morgan fingerprint density at radius 1 is 1.40 bits per heavy atom. The fourth-order valence-corrected chi connectivity index (χ4v) is 1.71. The van der Waals surface area contributed by atoms with Gasteiger partial charge in [0.05, 0.1) is 11.6 Å². The lowest BCUT2D eigenvalue weighted by atomic mass is 10.1. The van der Waals surface area contributed by atoms with Crippen molar-refractivity contribution in [2.45, 2.75) is 19.1 Å². The summed E-state index contributed by atoms with van der Waals surface area (Å²) in [5.74, 6) is 0. The standard InChI is InChI=1S/C11H11F3N2O.C3H6/c12-11(13,14)8-2-1-3-9(4-8)15-10-5-16(6-10)7-17;1-3-2/h1-4,7,10,15H,5-6H2;3H,1H2,2H3. The Morgan fingerprint density at radius 3 is 2.50 bits per heavy atom. The average Bonchev–Trinajstić information content (AvgIpc) is 2.33. The minimum absolute atomic E-state index is 0.0312. The van der Waals surface area contributed by atoms with Crippen LogP contribution in [0.15, 0.2) is 36.9 Å². The minimum atomic E-state index is -4.33. The van der Waals surface area contributed by atoms with Gasteiger partial charge in [0.15, 0.2) is 0 Å². The van der Waals surface area contributed by atoms with Crippen LogP contribution in [-0.2, 0) is 11.0 Å². The van der Waals surface area contributed by atoms with Gasteiger partial charge >= 0.3 is 6.18 Å². The zero-order valence-corrected chi connectivity index (χ0v) is 11.2. The second-order valence-corrected chi connectivity index (χ2v) is 4.39. The maximum absolute atomic E-state index is 12.4. The third-order valence-corrected chi connectivity index (χ3v) is 2.62. The molecule has 0 unspecified atom stereocenters. The maximum Gasteiger partial charge on any atom is 0.416 e. The third kappa shape index (κ3) is 4.60. The van der Waals surface area contributed by atoms with Crippen molar-refractivity contribution in [3.63, 3.8) is 0 Å². The summed E-state index contributed by atoms with van der Waals surface area (Å²) in [6.45, 7) is 6.31. The molecule has 20 heavy (non-hydrogen) atoms. The molecule has 2 rings (SSSR count). The van der Waals surface area contributed by atoms with Crippen LogP contribution < -0.4 is 5.32 Å². The lowest BCUT2D eigenvalue weighted by molar-refractivity contribution is -0.137. The molecular formula is C14H17F3N2O. The number of carbonyl (C=O) groups excluding carboxylic acids is 1. The van der Waals surface area contributed by atoms with E-state index in [1.54, 1.807) is 17.0 Å². The van der Waals surface area contributed by atoms with Crippen molar-refractivity contribution in [2.24, 2.45) is 0 Å². The van der Waals surface area contributed by atoms with Gasteiger partial charge in [-0.05, 0) is 25.1 Å². The maximum atomic E-state index is 12.4. The lowest BCUT2D eigenvalue weighted by Gasteiger charge is -2.37. The molecule has 0 aromatic heterocycles. The molecule has 0 spiro atoms. The highest BCUT2D eigenvalue weighted by molar-refractivity contribution is 5.52. The highest BCUT2D eigenvalue weighted by atomic mass is 19.4. The van der Waals surface area contributed by atoms with Gasteiger partial charge in [0.25, 0.3) is 0 Å². The molecule has 0 radical (unpaired) electrons. The number of halogens is 3. The van der Waals surface area contributed by atoms with Crippen LogP contribution in [0.1, 0.15) is 12.5 Å². The van der Waals surface area contributed by atoms with E-state index in [0.717, 1.165) is 18.5 Å². The van der Waals surface area contributed by atoms with Crippen molar-refractivity contribution in [2.75, 3.05) is 18.4 Å². The van der Waals surface area contributed by atoms with E-state index in [9.17, 15) is 18.0 Å². The molecule has 0 atom stereocenters. The minimum Gasteiger partial charge on any atom is -0.379 e. The van der Waals surface area contributed by atoms with E-state index < -0.39 is 11.7 Å². The molecule has 3 nitrogen and oxygen atoms in total. The van der Waals surface area contributed by atoms with Crippen LogP contribution in [0, 0.1) is 0 Å². The number of hydrogen-bond donors (Lipinski definition) is 1. The van der Waals surface area contributed by atoms with Gasteiger partial charge in [-0.25, -0.2) is 0 Å². The third-order valence-electron chi connectivity index (χ3n) is 2.62. The van der Waals surface area contributed by atoms with Crippen molar-refractivity contribution in [3.8, 4) is 0 Å². The number of amides is 1. The molecule has 1 aliphatic heterocycles. The van der Waals surface area contributed by atoms with Crippen molar-refractivity contribution in [3.05, 3.63) is 42.5 Å². The molecule has 1 aliphatic rings. The number of allylic oxidation sites excluding steroid dienone is 1. The Kier molecular flexibility index (Phi) is 5.61. The van der Waals surface area contributed by atoms with Crippen LogP contribution in [0.3, 0.4) is 0 Å². The first-order valence-corrected chi connectivity index (χ1v) is 6.11. The largest absolute Gasteiger partial charge is 0.416 e. The fraction of sp³-hybridized carbons (Fsp3) is 0.357. The van der Waals surface area contributed by atoms with E-state index in [1.165, 1.54) is 6.07 Å². The molecule has 1 aromatic rings. The van der Waals surface area contributed by atoms with Gasteiger partial charge in [-0.1, -0.05) is 12.1 Å². The van der Waals surface area contributed by atoms with Gasteiger partial charge in [0.2, 0.25) is 6.41 Å². The predicted molar refractivity (Wildman–Crippen MR) is 72.4 cm³/mol. The van der Waals surface area contributed by atoms with E-state index in [-0.39, 0.29) is 6.04 Å². The number of rotatable bonds is 3. The molecule has 110 valence electrons. The Balaban J connectivity index is 0.000000612. The first-order chi connectivity index (χ1) is 9.40. The van der Waals surface area contributed by atoms with E-state index >= 15 is 0 Å². The van der Waals surface area contributed by atoms with Gasteiger partial charge in [-0.2, -0.15) is 13.2 Å². The average molecular weight is 286 g/mol. The van der Waals surface area contributed by atoms with Crippen molar-refractivity contribution in [1.82, 2.24) is 4.90 Å². The number of benzene rings is 1. The number of hydrogen-bond acceptors (Lipinski definition) is 2. The quantitative estimate of drug-likeness (QED) is 0.684. The van der Waals surface area contributed by atoms with Crippen molar-refractivity contribution >= 4 is 12.1 Å². The van der Waals surface area contributed by atoms with Crippen LogP contribution in [0.25, 0.3) is 0 Å². The molecule has 0 aliphatic carbocycles. The molecule has 1 saturated heterocycles. The fourth-order valence-electron chi connectivity index (χ4n) is 1.71. The highest BCUT2D eigenvalue weighted by Gasteiger charge is 2.31. The summed E-state index contributed by atoms with van der Waals surface area (Å²) in [6, 6.07) is 5.08. The number of carbonyl (C=O) groups is 1. The summed E-state index contributed by atoms with van der Waals surface area (Å²) >= 11 is 0. The van der Waals surface area contributed by atoms with E-state index in [4.69, 9.17) is 0 Å². The van der Waals surface area contributed by atoms with Gasteiger partial charge in [-0.15, -0.1) is 6.58 Å². The predicted octanol–water partition coefficient (Wildman–Crippen LogP) is 3.15. The van der Waals surface area contributed by atoms with Crippen LogP contribution in [0.4, 0.5) is 18.9 Å². The van der Waals surface area contributed by atoms with Crippen LogP contribution in [0.2, 0.25) is 0 Å². The van der Waals surface area contributed by atoms with E-state index in [2.05, 4.69) is 11.9 Å². The summed E-state index contributed by atoms with van der Waals surface area (Å²) in [5, 5.41) is 2.95. The Labute approximate surface area is 116 Å². The summed E-state index contributed by atoms with van der Waals surface area (Å²) in [4.78, 5) is 11.9. The molecule has 1 fully saturated rings. The number of nitrogens with one attached hydrogen (secondary N) is 1. The topological polar surface area (TPSA) is 32.3 Å². The second kappa shape index (κ2) is 6.98. The number of likely N-dealkylation sites (tertiary alicyclic amines) is 1. The SMILES string of the molecule is C=CC.O=CN1CC(Nc2cccc(C(F)(F)F)c2)C1. The monoisotopic (exact) mass is 286 g/mol. The van der Waals surface area contributed by atoms with Crippen LogP contribution in [0.5, 0.6) is 0 Å². The summed E-state index contributed by atoms with van der Waals surface area (Å²) in [7, 11) is 0. The number of nitrogens with zero attached hydrogens (tertiary/aromatic N) is 1. The molecule has 6 heteroatoms. The zero-order chi connectivity index (χ0) is 15.2. The van der Waals surface area contributed by atoms with Gasteiger partial charge < -0.3 is 10.2 Å². The molecular weight excluding hydrogens is 269 g/mol. The first-order valence-electron chi connectivity index (χ1n) is 6.11. The normalized spacial score (nSPS) is 14.7. The molecule has 1 N–H and O–H groups in total. The second-order valence-electron chi connectivity index (χ2n) is 4.39. The Hall–Kier alpha value is -1.98. The first kappa shape index (κ1) is 16.1. The molecule has 0 saturated carbocycles. The zero-order valence-electron chi connectivity index (χ0n) is 11.2. The van der Waals surface area contributed by atoms with E-state index in [1.807, 2.05) is 6.92 Å². The van der Waals surface area contributed by atoms with Crippen LogP contribution >= 0.6 is 0 Å². The van der Waals surface area contributed by atoms with Gasteiger partial charge in [-0.3, -0.25) is 4.79 Å². The van der Waals surface area contributed by atoms with E-state index in [0.29, 0.717) is 18.8 Å². The Bertz CT molecular complexity index is 454. The van der Waals surface area contributed by atoms with Crippen molar-refractivity contribution < 1.29 is 18.0 Å². The number of anilines is 1. The van der Waals surface area contributed by atoms with Crippen molar-refractivity contribution in [1.29, 1.82) is 0 Å². The van der Waals surface area contributed by atoms with Crippen LogP contribution in [-0.4, -0.2) is 30.4 Å². The Morgan fingerprint density at radius 2 is 2.00 bits per heavy atom. The molecule has 1 aromatic carbocycles. The molecule has 1 heterocycles. The highest BCUT2D eigenvalue weighted by Crippen LogP contribution is 2.31.